The van der Waals surface area contributed by atoms with Crippen molar-refractivity contribution in [2.24, 2.45) is 7.05 Å². The fourth-order valence-electron chi connectivity index (χ4n) is 1.17. The van der Waals surface area contributed by atoms with Crippen molar-refractivity contribution in [2.75, 3.05) is 5.32 Å². The Kier molecular flexibility index (Phi) is 2.22. The molecule has 2 aromatic heterocycles. The van der Waals surface area contributed by atoms with E-state index >= 15 is 0 Å². The first-order valence-corrected chi connectivity index (χ1v) is 4.38. The maximum Gasteiger partial charge on any atom is 0.213 e. The van der Waals surface area contributed by atoms with E-state index in [4.69, 9.17) is 4.42 Å². The standard InChI is InChI=1S/C9H12N4O/c1-7-5-11-8(14-7)6-12-9-10-3-4-13(9)2/h3-5H,6H2,1-2H3,(H,10,12). The molecule has 2 rings (SSSR count). The smallest absolute Gasteiger partial charge is 0.213 e. The summed E-state index contributed by atoms with van der Waals surface area (Å²) < 4.78 is 7.21. The number of anilines is 1. The van der Waals surface area contributed by atoms with Crippen molar-refractivity contribution < 1.29 is 4.42 Å². The van der Waals surface area contributed by atoms with Gasteiger partial charge >= 0.3 is 0 Å². The summed E-state index contributed by atoms with van der Waals surface area (Å²) >= 11 is 0. The van der Waals surface area contributed by atoms with Crippen LogP contribution in [-0.4, -0.2) is 14.5 Å². The van der Waals surface area contributed by atoms with Crippen LogP contribution in [0.3, 0.4) is 0 Å². The molecule has 2 heterocycles. The van der Waals surface area contributed by atoms with Gasteiger partial charge in [-0.2, -0.15) is 0 Å². The highest BCUT2D eigenvalue weighted by Gasteiger charge is 2.02. The van der Waals surface area contributed by atoms with Crippen molar-refractivity contribution in [3.05, 3.63) is 30.2 Å². The van der Waals surface area contributed by atoms with Crippen molar-refractivity contribution in [2.45, 2.75) is 13.5 Å². The van der Waals surface area contributed by atoms with Gasteiger partial charge in [0.05, 0.1) is 12.7 Å². The zero-order valence-electron chi connectivity index (χ0n) is 8.19. The summed E-state index contributed by atoms with van der Waals surface area (Å²) in [6.07, 6.45) is 5.32. The summed E-state index contributed by atoms with van der Waals surface area (Å²) in [4.78, 5) is 8.20. The van der Waals surface area contributed by atoms with Gasteiger partial charge in [0.15, 0.2) is 0 Å². The normalized spacial score (nSPS) is 10.4. The molecule has 14 heavy (non-hydrogen) atoms. The molecule has 0 radical (unpaired) electrons. The molecule has 0 bridgehead atoms. The van der Waals surface area contributed by atoms with Crippen LogP contribution >= 0.6 is 0 Å². The van der Waals surface area contributed by atoms with Gasteiger partial charge in [-0.15, -0.1) is 0 Å². The number of aromatic nitrogens is 3. The average Bonchev–Trinajstić information content (AvgIpc) is 2.72. The molecule has 0 aromatic carbocycles. The second-order valence-electron chi connectivity index (χ2n) is 3.08. The monoisotopic (exact) mass is 192 g/mol. The number of nitrogens with zero attached hydrogens (tertiary/aromatic N) is 3. The molecule has 74 valence electrons. The Morgan fingerprint density at radius 3 is 2.93 bits per heavy atom. The second kappa shape index (κ2) is 3.53. The highest BCUT2D eigenvalue weighted by Crippen LogP contribution is 2.05. The number of imidazole rings is 1. The highest BCUT2D eigenvalue weighted by molar-refractivity contribution is 5.25. The minimum absolute atomic E-state index is 0.554. The molecule has 0 saturated heterocycles. The Labute approximate surface area is 81.8 Å². The quantitative estimate of drug-likeness (QED) is 0.797. The van der Waals surface area contributed by atoms with E-state index in [-0.39, 0.29) is 0 Å². The van der Waals surface area contributed by atoms with Gasteiger partial charge in [-0.3, -0.25) is 0 Å². The van der Waals surface area contributed by atoms with Crippen LogP contribution in [0.1, 0.15) is 11.7 Å². The lowest BCUT2D eigenvalue weighted by Gasteiger charge is -2.02. The lowest BCUT2D eigenvalue weighted by molar-refractivity contribution is 0.478. The Morgan fingerprint density at radius 1 is 1.50 bits per heavy atom. The van der Waals surface area contributed by atoms with E-state index in [0.717, 1.165) is 11.7 Å². The molecule has 0 aliphatic carbocycles. The number of rotatable bonds is 3. The average molecular weight is 192 g/mol. The molecule has 0 aliphatic heterocycles. The van der Waals surface area contributed by atoms with Crippen LogP contribution in [-0.2, 0) is 13.6 Å². The van der Waals surface area contributed by atoms with Crippen LogP contribution in [0.5, 0.6) is 0 Å². The molecule has 0 spiro atoms. The minimum Gasteiger partial charge on any atom is -0.444 e. The van der Waals surface area contributed by atoms with Gasteiger partial charge < -0.3 is 14.3 Å². The number of hydrogen-bond acceptors (Lipinski definition) is 4. The largest absolute Gasteiger partial charge is 0.444 e. The van der Waals surface area contributed by atoms with Crippen LogP contribution in [0.15, 0.2) is 23.0 Å². The third kappa shape index (κ3) is 1.76. The Balaban J connectivity index is 1.98. The molecule has 0 unspecified atom stereocenters. The molecule has 1 N–H and O–H groups in total. The predicted octanol–water partition coefficient (Wildman–Crippen LogP) is 1.33. The van der Waals surface area contributed by atoms with E-state index in [2.05, 4.69) is 15.3 Å². The van der Waals surface area contributed by atoms with Crippen molar-refractivity contribution in [3.8, 4) is 0 Å². The Hall–Kier alpha value is -1.78. The van der Waals surface area contributed by atoms with E-state index in [1.54, 1.807) is 12.4 Å². The summed E-state index contributed by atoms with van der Waals surface area (Å²) in [5.41, 5.74) is 0. The van der Waals surface area contributed by atoms with E-state index in [1.807, 2.05) is 24.7 Å². The summed E-state index contributed by atoms with van der Waals surface area (Å²) in [5.74, 6) is 2.30. The summed E-state index contributed by atoms with van der Waals surface area (Å²) in [6.45, 7) is 2.43. The zero-order valence-corrected chi connectivity index (χ0v) is 8.19. The van der Waals surface area contributed by atoms with Crippen molar-refractivity contribution in [1.82, 2.24) is 14.5 Å². The zero-order chi connectivity index (χ0) is 9.97. The van der Waals surface area contributed by atoms with E-state index in [0.29, 0.717) is 12.4 Å². The fourth-order valence-corrected chi connectivity index (χ4v) is 1.17. The highest BCUT2D eigenvalue weighted by atomic mass is 16.4. The molecule has 0 atom stereocenters. The SMILES string of the molecule is Cc1cnc(CNc2nccn2C)o1. The molecular weight excluding hydrogens is 180 g/mol. The van der Waals surface area contributed by atoms with E-state index in [9.17, 15) is 0 Å². The van der Waals surface area contributed by atoms with Gasteiger partial charge in [0.25, 0.3) is 0 Å². The van der Waals surface area contributed by atoms with Crippen molar-refractivity contribution in [1.29, 1.82) is 0 Å². The van der Waals surface area contributed by atoms with Crippen LogP contribution in [0.25, 0.3) is 0 Å². The van der Waals surface area contributed by atoms with Gasteiger partial charge in [0.2, 0.25) is 11.8 Å². The summed E-state index contributed by atoms with van der Waals surface area (Å²) in [6, 6.07) is 0. The lowest BCUT2D eigenvalue weighted by atomic mass is 10.6. The first-order chi connectivity index (χ1) is 6.75. The maximum absolute atomic E-state index is 5.31. The van der Waals surface area contributed by atoms with Gasteiger partial charge in [0, 0.05) is 19.4 Å². The molecule has 0 fully saturated rings. The van der Waals surface area contributed by atoms with Gasteiger partial charge in [-0.1, -0.05) is 0 Å². The van der Waals surface area contributed by atoms with Gasteiger partial charge in [-0.25, -0.2) is 9.97 Å². The molecule has 5 nitrogen and oxygen atoms in total. The van der Waals surface area contributed by atoms with E-state index in [1.165, 1.54) is 0 Å². The molecule has 0 amide bonds. The predicted molar refractivity (Wildman–Crippen MR) is 51.8 cm³/mol. The molecule has 2 aromatic rings. The topological polar surface area (TPSA) is 55.9 Å². The lowest BCUT2D eigenvalue weighted by Crippen LogP contribution is -2.04. The number of nitrogens with one attached hydrogen (secondary N) is 1. The number of hydrogen-bond donors (Lipinski definition) is 1. The van der Waals surface area contributed by atoms with Gasteiger partial charge in [0.1, 0.15) is 5.76 Å². The van der Waals surface area contributed by atoms with Crippen molar-refractivity contribution >= 4 is 5.95 Å². The third-order valence-corrected chi connectivity index (χ3v) is 1.89. The second-order valence-corrected chi connectivity index (χ2v) is 3.08. The Bertz CT molecular complexity index is 418. The Morgan fingerprint density at radius 2 is 2.36 bits per heavy atom. The first-order valence-electron chi connectivity index (χ1n) is 4.38. The molecule has 0 saturated carbocycles. The van der Waals surface area contributed by atoms with Crippen LogP contribution in [0, 0.1) is 6.92 Å². The number of aryl methyl sites for hydroxylation is 2. The molecular formula is C9H12N4O. The minimum atomic E-state index is 0.554. The van der Waals surface area contributed by atoms with Crippen LogP contribution in [0.4, 0.5) is 5.95 Å². The fraction of sp³-hybridized carbons (Fsp3) is 0.333. The summed E-state index contributed by atoms with van der Waals surface area (Å²) in [5, 5.41) is 3.12. The van der Waals surface area contributed by atoms with Crippen LogP contribution < -0.4 is 5.32 Å². The van der Waals surface area contributed by atoms with Crippen LogP contribution in [0.2, 0.25) is 0 Å². The maximum atomic E-state index is 5.31. The van der Waals surface area contributed by atoms with E-state index < -0.39 is 0 Å². The summed E-state index contributed by atoms with van der Waals surface area (Å²) in [7, 11) is 1.93. The molecule has 0 aliphatic rings. The molecule has 5 heteroatoms. The number of oxazole rings is 1. The first kappa shape index (κ1) is 8.80. The van der Waals surface area contributed by atoms with Gasteiger partial charge in [-0.05, 0) is 6.92 Å². The van der Waals surface area contributed by atoms with Crippen molar-refractivity contribution in [3.63, 3.8) is 0 Å². The third-order valence-electron chi connectivity index (χ3n) is 1.89.